The molecule has 1 atom stereocenters. The fourth-order valence-corrected chi connectivity index (χ4v) is 0.935. The minimum Gasteiger partial charge on any atom is -0.328 e. The van der Waals surface area contributed by atoms with Crippen LogP contribution < -0.4 is 5.73 Å². The maximum Gasteiger partial charge on any atom is 0.0489 e. The number of nitrogens with two attached hydrogens (primary N) is 1. The Morgan fingerprint density at radius 1 is 1.64 bits per heavy atom. The largest absolute Gasteiger partial charge is 0.328 e. The number of rotatable bonds is 4. The van der Waals surface area contributed by atoms with Crippen molar-refractivity contribution in [3.63, 3.8) is 0 Å². The molecule has 1 unspecified atom stereocenters. The molecule has 62 valence electrons. The van der Waals surface area contributed by atoms with Gasteiger partial charge in [-0.1, -0.05) is 6.92 Å². The molecule has 0 saturated heterocycles. The Morgan fingerprint density at radius 3 is 3.00 bits per heavy atom. The maximum absolute atomic E-state index is 5.75. The summed E-state index contributed by atoms with van der Waals surface area (Å²) in [5.74, 6) is 0. The van der Waals surface area contributed by atoms with E-state index in [9.17, 15) is 0 Å². The molecule has 0 saturated carbocycles. The summed E-state index contributed by atoms with van der Waals surface area (Å²) in [6.07, 6.45) is 5.80. The van der Waals surface area contributed by atoms with E-state index in [2.05, 4.69) is 12.0 Å². The van der Waals surface area contributed by atoms with Gasteiger partial charge in [0.2, 0.25) is 0 Å². The van der Waals surface area contributed by atoms with Gasteiger partial charge in [-0.25, -0.2) is 0 Å². The highest BCUT2D eigenvalue weighted by Crippen LogP contribution is 1.96. The van der Waals surface area contributed by atoms with Crippen molar-refractivity contribution < 1.29 is 0 Å². The SMILES string of the molecule is CCC(N)CCn1cccn1. The van der Waals surface area contributed by atoms with Gasteiger partial charge in [0.25, 0.3) is 0 Å². The lowest BCUT2D eigenvalue weighted by Gasteiger charge is -2.07. The van der Waals surface area contributed by atoms with Crippen LogP contribution in [0, 0.1) is 0 Å². The highest BCUT2D eigenvalue weighted by Gasteiger charge is 1.98. The van der Waals surface area contributed by atoms with Crippen LogP contribution in [-0.2, 0) is 6.54 Å². The average molecular weight is 153 g/mol. The molecule has 3 nitrogen and oxygen atoms in total. The molecule has 2 N–H and O–H groups in total. The zero-order valence-corrected chi connectivity index (χ0v) is 6.90. The van der Waals surface area contributed by atoms with Gasteiger partial charge in [0.1, 0.15) is 0 Å². The molecule has 1 aromatic heterocycles. The highest BCUT2D eigenvalue weighted by atomic mass is 15.3. The number of hydrogen-bond donors (Lipinski definition) is 1. The van der Waals surface area contributed by atoms with Crippen molar-refractivity contribution in [1.29, 1.82) is 0 Å². The number of nitrogens with zero attached hydrogens (tertiary/aromatic N) is 2. The predicted molar refractivity (Wildman–Crippen MR) is 45.1 cm³/mol. The summed E-state index contributed by atoms with van der Waals surface area (Å²) in [5, 5.41) is 4.08. The third kappa shape index (κ3) is 2.72. The van der Waals surface area contributed by atoms with Gasteiger partial charge in [0.15, 0.2) is 0 Å². The van der Waals surface area contributed by atoms with E-state index >= 15 is 0 Å². The molecule has 0 fully saturated rings. The molecule has 1 heterocycles. The Morgan fingerprint density at radius 2 is 2.45 bits per heavy atom. The molecule has 0 aliphatic carbocycles. The van der Waals surface area contributed by atoms with Crippen LogP contribution in [0.15, 0.2) is 18.5 Å². The van der Waals surface area contributed by atoms with Crippen molar-refractivity contribution >= 4 is 0 Å². The molecule has 3 heteroatoms. The van der Waals surface area contributed by atoms with Gasteiger partial charge in [-0.15, -0.1) is 0 Å². The van der Waals surface area contributed by atoms with Gasteiger partial charge in [-0.3, -0.25) is 4.68 Å². The molecule has 0 spiro atoms. The van der Waals surface area contributed by atoms with Crippen LogP contribution in [0.5, 0.6) is 0 Å². The monoisotopic (exact) mass is 153 g/mol. The van der Waals surface area contributed by atoms with E-state index in [0.29, 0.717) is 6.04 Å². The quantitative estimate of drug-likeness (QED) is 0.701. The van der Waals surface area contributed by atoms with Crippen LogP contribution in [0.25, 0.3) is 0 Å². The highest BCUT2D eigenvalue weighted by molar-refractivity contribution is 4.77. The van der Waals surface area contributed by atoms with Crippen molar-refractivity contribution in [2.75, 3.05) is 0 Å². The molecule has 0 bridgehead atoms. The normalized spacial score (nSPS) is 13.3. The summed E-state index contributed by atoms with van der Waals surface area (Å²) in [6, 6.07) is 2.25. The third-order valence-corrected chi connectivity index (χ3v) is 1.81. The number of hydrogen-bond acceptors (Lipinski definition) is 2. The molecule has 0 aliphatic rings. The average Bonchev–Trinajstić information content (AvgIpc) is 2.52. The first kappa shape index (κ1) is 8.27. The standard InChI is InChI=1S/C8H15N3/c1-2-8(9)4-7-11-6-3-5-10-11/h3,5-6,8H,2,4,7,9H2,1H3. The van der Waals surface area contributed by atoms with Crippen LogP contribution in [0.2, 0.25) is 0 Å². The van der Waals surface area contributed by atoms with E-state index in [1.54, 1.807) is 6.20 Å². The van der Waals surface area contributed by atoms with Crippen molar-refractivity contribution in [1.82, 2.24) is 9.78 Å². The Labute approximate surface area is 67.2 Å². The van der Waals surface area contributed by atoms with Crippen LogP contribution in [0.4, 0.5) is 0 Å². The summed E-state index contributed by atoms with van der Waals surface area (Å²) in [7, 11) is 0. The minimum atomic E-state index is 0.319. The van der Waals surface area contributed by atoms with Gasteiger partial charge in [0, 0.05) is 25.0 Å². The molecule has 1 rings (SSSR count). The van der Waals surface area contributed by atoms with Gasteiger partial charge in [0.05, 0.1) is 0 Å². The van der Waals surface area contributed by atoms with Gasteiger partial charge in [-0.05, 0) is 18.9 Å². The number of aryl methyl sites for hydroxylation is 1. The fourth-order valence-electron chi connectivity index (χ4n) is 0.935. The molecule has 0 aromatic carbocycles. The van der Waals surface area contributed by atoms with Crippen LogP contribution in [0.3, 0.4) is 0 Å². The number of aromatic nitrogens is 2. The van der Waals surface area contributed by atoms with E-state index in [4.69, 9.17) is 5.73 Å². The lowest BCUT2D eigenvalue weighted by molar-refractivity contribution is 0.501. The first-order valence-corrected chi connectivity index (χ1v) is 4.06. The topological polar surface area (TPSA) is 43.8 Å². The van der Waals surface area contributed by atoms with E-state index in [1.807, 2.05) is 16.9 Å². The van der Waals surface area contributed by atoms with Crippen LogP contribution >= 0.6 is 0 Å². The molecule has 0 amide bonds. The molecule has 0 aliphatic heterocycles. The van der Waals surface area contributed by atoms with Crippen molar-refractivity contribution in [3.8, 4) is 0 Å². The zero-order chi connectivity index (χ0) is 8.10. The zero-order valence-electron chi connectivity index (χ0n) is 6.90. The Kier molecular flexibility index (Phi) is 3.11. The summed E-state index contributed by atoms with van der Waals surface area (Å²) in [6.45, 7) is 3.04. The molecular formula is C8H15N3. The summed E-state index contributed by atoms with van der Waals surface area (Å²) in [4.78, 5) is 0. The Balaban J connectivity index is 2.23. The van der Waals surface area contributed by atoms with Gasteiger partial charge >= 0.3 is 0 Å². The fraction of sp³-hybridized carbons (Fsp3) is 0.625. The molecule has 1 aromatic rings. The molecule has 0 radical (unpaired) electrons. The van der Waals surface area contributed by atoms with Crippen LogP contribution in [-0.4, -0.2) is 15.8 Å². The third-order valence-electron chi connectivity index (χ3n) is 1.81. The summed E-state index contributed by atoms with van der Waals surface area (Å²) < 4.78 is 1.91. The Hall–Kier alpha value is -0.830. The first-order valence-electron chi connectivity index (χ1n) is 4.06. The second kappa shape index (κ2) is 4.13. The lowest BCUT2D eigenvalue weighted by Crippen LogP contribution is -2.20. The van der Waals surface area contributed by atoms with E-state index in [1.165, 1.54) is 0 Å². The minimum absolute atomic E-state index is 0.319. The van der Waals surface area contributed by atoms with Crippen molar-refractivity contribution in [2.24, 2.45) is 5.73 Å². The Bertz CT molecular complexity index is 181. The smallest absolute Gasteiger partial charge is 0.0489 e. The second-order valence-electron chi connectivity index (χ2n) is 2.73. The first-order chi connectivity index (χ1) is 5.33. The molecular weight excluding hydrogens is 138 g/mol. The second-order valence-corrected chi connectivity index (χ2v) is 2.73. The van der Waals surface area contributed by atoms with E-state index < -0.39 is 0 Å². The van der Waals surface area contributed by atoms with Crippen molar-refractivity contribution in [3.05, 3.63) is 18.5 Å². The van der Waals surface area contributed by atoms with Gasteiger partial charge in [-0.2, -0.15) is 5.10 Å². The molecule has 11 heavy (non-hydrogen) atoms. The van der Waals surface area contributed by atoms with E-state index in [0.717, 1.165) is 19.4 Å². The lowest BCUT2D eigenvalue weighted by atomic mass is 10.2. The van der Waals surface area contributed by atoms with E-state index in [-0.39, 0.29) is 0 Å². The summed E-state index contributed by atoms with van der Waals surface area (Å²) >= 11 is 0. The van der Waals surface area contributed by atoms with Crippen molar-refractivity contribution in [2.45, 2.75) is 32.4 Å². The predicted octanol–water partition coefficient (Wildman–Crippen LogP) is 1.01. The van der Waals surface area contributed by atoms with Crippen LogP contribution in [0.1, 0.15) is 19.8 Å². The van der Waals surface area contributed by atoms with Gasteiger partial charge < -0.3 is 5.73 Å². The maximum atomic E-state index is 5.75. The summed E-state index contributed by atoms with van der Waals surface area (Å²) in [5.41, 5.74) is 5.75.